The summed E-state index contributed by atoms with van der Waals surface area (Å²) in [5.41, 5.74) is 6.65. The summed E-state index contributed by atoms with van der Waals surface area (Å²) >= 11 is 0. The van der Waals surface area contributed by atoms with Crippen LogP contribution in [0.25, 0.3) is 22.2 Å². The molecule has 1 aliphatic heterocycles. The standard InChI is InChI=1S/C28H29N5/c29-20-22-7-12-28-26(19-22)24(21-31-28)5-2-4-14-32-15-17-33(18-16-32)25-10-8-23(9-11-25)27-6-1-3-13-30-27/h1,3,6-13,19,21,31H,2,4-5,14-18H2. The lowest BCUT2D eigenvalue weighted by molar-refractivity contribution is 0.253. The number of aryl methyl sites for hydroxylation is 1. The molecule has 0 amide bonds. The van der Waals surface area contributed by atoms with Gasteiger partial charge in [-0.05, 0) is 73.8 Å². The average Bonchev–Trinajstić information content (AvgIpc) is 3.29. The molecular formula is C28H29N5. The van der Waals surface area contributed by atoms with Crippen molar-refractivity contribution >= 4 is 16.6 Å². The maximum absolute atomic E-state index is 9.16. The van der Waals surface area contributed by atoms with Gasteiger partial charge >= 0.3 is 0 Å². The molecular weight excluding hydrogens is 406 g/mol. The fourth-order valence-corrected chi connectivity index (χ4v) is 4.71. The fraction of sp³-hybridized carbons (Fsp3) is 0.286. The molecule has 1 N–H and O–H groups in total. The van der Waals surface area contributed by atoms with Crippen LogP contribution in [0, 0.1) is 11.3 Å². The number of unbranched alkanes of at least 4 members (excludes halogenated alkanes) is 1. The Kier molecular flexibility index (Phi) is 6.37. The van der Waals surface area contributed by atoms with Crippen molar-refractivity contribution in [2.45, 2.75) is 19.3 Å². The van der Waals surface area contributed by atoms with Gasteiger partial charge in [0, 0.05) is 60.7 Å². The Labute approximate surface area is 195 Å². The molecule has 0 bridgehead atoms. The lowest BCUT2D eigenvalue weighted by atomic mass is 10.0. The molecule has 0 unspecified atom stereocenters. The third kappa shape index (κ3) is 4.92. The molecule has 1 saturated heterocycles. The van der Waals surface area contributed by atoms with Crippen molar-refractivity contribution in [2.75, 3.05) is 37.6 Å². The zero-order chi connectivity index (χ0) is 22.5. The molecule has 5 heteroatoms. The third-order valence-corrected chi connectivity index (χ3v) is 6.63. The van der Waals surface area contributed by atoms with Crippen LogP contribution < -0.4 is 4.90 Å². The van der Waals surface area contributed by atoms with E-state index in [2.05, 4.69) is 62.4 Å². The molecule has 166 valence electrons. The van der Waals surface area contributed by atoms with Crippen LogP contribution in [0.4, 0.5) is 5.69 Å². The molecule has 33 heavy (non-hydrogen) atoms. The van der Waals surface area contributed by atoms with E-state index in [1.165, 1.54) is 29.5 Å². The zero-order valence-electron chi connectivity index (χ0n) is 18.9. The highest BCUT2D eigenvalue weighted by molar-refractivity contribution is 5.84. The number of hydrogen-bond donors (Lipinski definition) is 1. The number of nitrogens with zero attached hydrogens (tertiary/aromatic N) is 4. The summed E-state index contributed by atoms with van der Waals surface area (Å²) in [6, 6.07) is 22.9. The van der Waals surface area contributed by atoms with Crippen LogP contribution in [0.1, 0.15) is 24.0 Å². The Hall–Kier alpha value is -3.62. The molecule has 2 aromatic heterocycles. The second-order valence-corrected chi connectivity index (χ2v) is 8.73. The van der Waals surface area contributed by atoms with Crippen LogP contribution in [-0.4, -0.2) is 47.6 Å². The molecule has 0 spiro atoms. The molecule has 1 fully saturated rings. The van der Waals surface area contributed by atoms with E-state index in [4.69, 9.17) is 5.26 Å². The summed E-state index contributed by atoms with van der Waals surface area (Å²) in [6.45, 7) is 5.52. The number of aromatic nitrogens is 2. The molecule has 5 nitrogen and oxygen atoms in total. The number of benzene rings is 2. The Balaban J connectivity index is 1.07. The van der Waals surface area contributed by atoms with E-state index in [0.717, 1.165) is 61.5 Å². The molecule has 4 aromatic rings. The first-order valence-corrected chi connectivity index (χ1v) is 11.8. The number of aromatic amines is 1. The van der Waals surface area contributed by atoms with Gasteiger partial charge in [-0.2, -0.15) is 5.26 Å². The van der Waals surface area contributed by atoms with E-state index in [0.29, 0.717) is 0 Å². The number of H-pyrrole nitrogens is 1. The molecule has 2 aromatic carbocycles. The Bertz CT molecular complexity index is 1230. The normalized spacial score (nSPS) is 14.5. The maximum atomic E-state index is 9.16. The van der Waals surface area contributed by atoms with Crippen molar-refractivity contribution in [1.29, 1.82) is 5.26 Å². The molecule has 1 aliphatic rings. The van der Waals surface area contributed by atoms with Gasteiger partial charge in [0.05, 0.1) is 17.3 Å². The minimum absolute atomic E-state index is 0.729. The Morgan fingerprint density at radius 2 is 1.79 bits per heavy atom. The summed E-state index contributed by atoms with van der Waals surface area (Å²) in [6.07, 6.45) is 7.36. The monoisotopic (exact) mass is 435 g/mol. The van der Waals surface area contributed by atoms with Crippen LogP contribution >= 0.6 is 0 Å². The number of hydrogen-bond acceptors (Lipinski definition) is 4. The van der Waals surface area contributed by atoms with Crippen molar-refractivity contribution < 1.29 is 0 Å². The van der Waals surface area contributed by atoms with Gasteiger partial charge in [0.25, 0.3) is 0 Å². The minimum atomic E-state index is 0.729. The van der Waals surface area contributed by atoms with E-state index < -0.39 is 0 Å². The van der Waals surface area contributed by atoms with Crippen molar-refractivity contribution in [3.8, 4) is 17.3 Å². The molecule has 0 atom stereocenters. The summed E-state index contributed by atoms with van der Waals surface area (Å²) in [5, 5.41) is 10.4. The smallest absolute Gasteiger partial charge is 0.0991 e. The number of pyridine rings is 1. The van der Waals surface area contributed by atoms with Gasteiger partial charge < -0.3 is 9.88 Å². The van der Waals surface area contributed by atoms with Gasteiger partial charge in [-0.15, -0.1) is 0 Å². The first-order valence-electron chi connectivity index (χ1n) is 11.8. The van der Waals surface area contributed by atoms with Crippen LogP contribution in [0.15, 0.2) is 73.1 Å². The highest BCUT2D eigenvalue weighted by Crippen LogP contribution is 2.23. The third-order valence-electron chi connectivity index (χ3n) is 6.63. The Morgan fingerprint density at radius 3 is 2.55 bits per heavy atom. The largest absolute Gasteiger partial charge is 0.369 e. The number of rotatable bonds is 7. The van der Waals surface area contributed by atoms with E-state index >= 15 is 0 Å². The van der Waals surface area contributed by atoms with Crippen LogP contribution in [0.5, 0.6) is 0 Å². The van der Waals surface area contributed by atoms with Gasteiger partial charge in [-0.1, -0.05) is 18.2 Å². The summed E-state index contributed by atoms with van der Waals surface area (Å²) in [7, 11) is 0. The summed E-state index contributed by atoms with van der Waals surface area (Å²) in [4.78, 5) is 12.8. The van der Waals surface area contributed by atoms with Crippen molar-refractivity contribution in [2.24, 2.45) is 0 Å². The van der Waals surface area contributed by atoms with Gasteiger partial charge in [0.15, 0.2) is 0 Å². The lowest BCUT2D eigenvalue weighted by Gasteiger charge is -2.36. The Morgan fingerprint density at radius 1 is 0.939 bits per heavy atom. The minimum Gasteiger partial charge on any atom is -0.369 e. The number of fused-ring (bicyclic) bond motifs is 1. The second kappa shape index (κ2) is 9.89. The average molecular weight is 436 g/mol. The molecule has 0 radical (unpaired) electrons. The number of nitriles is 1. The number of anilines is 1. The second-order valence-electron chi connectivity index (χ2n) is 8.73. The first-order chi connectivity index (χ1) is 16.3. The molecule has 0 aliphatic carbocycles. The maximum Gasteiger partial charge on any atom is 0.0991 e. The van der Waals surface area contributed by atoms with Crippen LogP contribution in [0.2, 0.25) is 0 Å². The predicted molar refractivity (Wildman–Crippen MR) is 134 cm³/mol. The zero-order valence-corrected chi connectivity index (χ0v) is 18.9. The van der Waals surface area contributed by atoms with Gasteiger partial charge in [-0.3, -0.25) is 9.88 Å². The van der Waals surface area contributed by atoms with Crippen molar-refractivity contribution in [3.63, 3.8) is 0 Å². The molecule has 3 heterocycles. The fourth-order valence-electron chi connectivity index (χ4n) is 4.71. The van der Waals surface area contributed by atoms with Crippen molar-refractivity contribution in [1.82, 2.24) is 14.9 Å². The van der Waals surface area contributed by atoms with E-state index in [1.807, 2.05) is 36.5 Å². The highest BCUT2D eigenvalue weighted by atomic mass is 15.3. The predicted octanol–water partition coefficient (Wildman–Crippen LogP) is 5.25. The van der Waals surface area contributed by atoms with Crippen LogP contribution in [0.3, 0.4) is 0 Å². The molecule has 5 rings (SSSR count). The van der Waals surface area contributed by atoms with Gasteiger partial charge in [0.2, 0.25) is 0 Å². The van der Waals surface area contributed by atoms with Crippen molar-refractivity contribution in [3.05, 3.63) is 84.2 Å². The van der Waals surface area contributed by atoms with Crippen LogP contribution in [-0.2, 0) is 6.42 Å². The van der Waals surface area contributed by atoms with Gasteiger partial charge in [-0.25, -0.2) is 0 Å². The lowest BCUT2D eigenvalue weighted by Crippen LogP contribution is -2.46. The summed E-state index contributed by atoms with van der Waals surface area (Å²) < 4.78 is 0. The number of nitrogens with one attached hydrogen (secondary N) is 1. The SMILES string of the molecule is N#Cc1ccc2[nH]cc(CCCCN3CCN(c4ccc(-c5ccccn5)cc4)CC3)c2c1. The first kappa shape index (κ1) is 21.2. The summed E-state index contributed by atoms with van der Waals surface area (Å²) in [5.74, 6) is 0. The molecule has 0 saturated carbocycles. The number of piperazine rings is 1. The highest BCUT2D eigenvalue weighted by Gasteiger charge is 2.17. The van der Waals surface area contributed by atoms with E-state index in [9.17, 15) is 0 Å². The quantitative estimate of drug-likeness (QED) is 0.403. The van der Waals surface area contributed by atoms with Gasteiger partial charge in [0.1, 0.15) is 0 Å². The topological polar surface area (TPSA) is 59.0 Å². The van der Waals surface area contributed by atoms with E-state index in [-0.39, 0.29) is 0 Å². The van der Waals surface area contributed by atoms with E-state index in [1.54, 1.807) is 0 Å².